The molecule has 6 atom stereocenters. The molecule has 0 aromatic carbocycles. The van der Waals surface area contributed by atoms with Gasteiger partial charge in [-0.15, -0.1) is 0 Å². The number of hydrogen-bond acceptors (Lipinski definition) is 15. The van der Waals surface area contributed by atoms with Crippen molar-refractivity contribution < 1.29 is 80.2 Å². The van der Waals surface area contributed by atoms with Gasteiger partial charge in [-0.05, 0) is 37.5 Å². The third-order valence-electron chi connectivity index (χ3n) is 14.6. The first-order valence-electron chi connectivity index (χ1n) is 32.5. The Balaban J connectivity index is 5.19. The maximum Gasteiger partial charge on any atom is 0.472 e. The number of hydrogen-bond donors (Lipinski definition) is 3. The summed E-state index contributed by atoms with van der Waals surface area (Å²) in [5, 5.41) is 10.5. The third-order valence-corrected chi connectivity index (χ3v) is 16.5. The number of ether oxygens (including phenoxy) is 4. The number of aliphatic hydroxyl groups is 1. The molecule has 0 saturated carbocycles. The fourth-order valence-electron chi connectivity index (χ4n) is 9.15. The highest BCUT2D eigenvalue weighted by molar-refractivity contribution is 7.47. The Labute approximate surface area is 492 Å². The SMILES string of the molecule is CCCCCCCCCCCCC(=O)O[C@H](COC(=O)CCCCCCC)COP(=O)(O)OC[C@H](O)COP(=O)(O)OC[C@@H](COC(=O)CCCCCCCCCCC(C)CC)OC(=O)CCCCCCCCCCCCCC(C)C. The predicted molar refractivity (Wildman–Crippen MR) is 321 cm³/mol. The second kappa shape index (κ2) is 54.7. The van der Waals surface area contributed by atoms with Gasteiger partial charge in [-0.3, -0.25) is 37.3 Å². The molecule has 3 N–H and O–H groups in total. The van der Waals surface area contributed by atoms with E-state index in [0.29, 0.717) is 25.7 Å². The fourth-order valence-corrected chi connectivity index (χ4v) is 10.7. The molecule has 0 aromatic rings. The van der Waals surface area contributed by atoms with Crippen LogP contribution < -0.4 is 0 Å². The quantitative estimate of drug-likeness (QED) is 0.0222. The van der Waals surface area contributed by atoms with Crippen LogP contribution in [0.25, 0.3) is 0 Å². The van der Waals surface area contributed by atoms with Crippen molar-refractivity contribution in [2.45, 2.75) is 323 Å². The lowest BCUT2D eigenvalue weighted by Gasteiger charge is -2.21. The molecule has 0 heterocycles. The molecule has 17 nitrogen and oxygen atoms in total. The topological polar surface area (TPSA) is 237 Å². The van der Waals surface area contributed by atoms with Crippen molar-refractivity contribution in [1.29, 1.82) is 0 Å². The van der Waals surface area contributed by atoms with Gasteiger partial charge in [-0.25, -0.2) is 9.13 Å². The van der Waals surface area contributed by atoms with E-state index in [2.05, 4.69) is 41.5 Å². The van der Waals surface area contributed by atoms with Gasteiger partial charge in [0, 0.05) is 25.7 Å². The normalized spacial score (nSPS) is 14.7. The lowest BCUT2D eigenvalue weighted by molar-refractivity contribution is -0.161. The summed E-state index contributed by atoms with van der Waals surface area (Å²) in [4.78, 5) is 71.9. The molecule has 19 heteroatoms. The molecule has 0 bridgehead atoms. The van der Waals surface area contributed by atoms with Crippen LogP contribution in [0.2, 0.25) is 0 Å². The van der Waals surface area contributed by atoms with E-state index in [1.54, 1.807) is 0 Å². The largest absolute Gasteiger partial charge is 0.472 e. The molecule has 0 rings (SSSR count). The summed E-state index contributed by atoms with van der Waals surface area (Å²) < 4.78 is 67.7. The van der Waals surface area contributed by atoms with Crippen molar-refractivity contribution in [3.8, 4) is 0 Å². The predicted octanol–water partition coefficient (Wildman–Crippen LogP) is 16.9. The number of phosphoric ester groups is 2. The monoisotopic (exact) mass is 1200 g/mol. The van der Waals surface area contributed by atoms with Gasteiger partial charge in [-0.1, -0.05) is 253 Å². The molecule has 0 aromatic heterocycles. The average molecular weight is 1200 g/mol. The van der Waals surface area contributed by atoms with E-state index in [4.69, 9.17) is 37.0 Å². The smallest absolute Gasteiger partial charge is 0.462 e. The van der Waals surface area contributed by atoms with Crippen LogP contribution in [-0.2, 0) is 65.4 Å². The summed E-state index contributed by atoms with van der Waals surface area (Å²) in [6.07, 6.45) is 36.4. The highest BCUT2D eigenvalue weighted by Crippen LogP contribution is 2.45. The molecule has 0 fully saturated rings. The first kappa shape index (κ1) is 79.1. The minimum atomic E-state index is -4.94. The maximum atomic E-state index is 13.0. The van der Waals surface area contributed by atoms with Crippen LogP contribution in [0.5, 0.6) is 0 Å². The van der Waals surface area contributed by atoms with Gasteiger partial charge < -0.3 is 33.8 Å². The number of rotatable bonds is 61. The fraction of sp³-hybridized carbons (Fsp3) is 0.935. The van der Waals surface area contributed by atoms with Crippen molar-refractivity contribution in [3.05, 3.63) is 0 Å². The van der Waals surface area contributed by atoms with E-state index < -0.39 is 97.5 Å². The minimum absolute atomic E-state index is 0.105. The number of carbonyl (C=O) groups excluding carboxylic acids is 4. The molecule has 0 aliphatic rings. The van der Waals surface area contributed by atoms with Crippen molar-refractivity contribution in [2.24, 2.45) is 11.8 Å². The summed E-state index contributed by atoms with van der Waals surface area (Å²) in [5.41, 5.74) is 0. The molecule has 0 spiro atoms. The van der Waals surface area contributed by atoms with Crippen LogP contribution in [0, 0.1) is 11.8 Å². The van der Waals surface area contributed by atoms with E-state index >= 15 is 0 Å². The number of unbranched alkanes of at least 4 members (excludes halogenated alkanes) is 30. The summed E-state index contributed by atoms with van der Waals surface area (Å²) >= 11 is 0. The first-order chi connectivity index (χ1) is 38.9. The van der Waals surface area contributed by atoms with Crippen molar-refractivity contribution >= 4 is 39.5 Å². The summed E-state index contributed by atoms with van der Waals surface area (Å²) in [7, 11) is -9.87. The van der Waals surface area contributed by atoms with Crippen LogP contribution in [0.3, 0.4) is 0 Å². The maximum absolute atomic E-state index is 13.0. The molecular weight excluding hydrogens is 1080 g/mol. The zero-order valence-electron chi connectivity index (χ0n) is 52.1. The van der Waals surface area contributed by atoms with Crippen molar-refractivity contribution in [3.63, 3.8) is 0 Å². The first-order valence-corrected chi connectivity index (χ1v) is 35.5. The Morgan fingerprint density at radius 3 is 0.938 bits per heavy atom. The number of esters is 4. The average Bonchev–Trinajstić information content (AvgIpc) is 3.44. The van der Waals surface area contributed by atoms with E-state index in [0.717, 1.165) is 108 Å². The highest BCUT2D eigenvalue weighted by atomic mass is 31.2. The Bertz CT molecular complexity index is 1600. The lowest BCUT2D eigenvalue weighted by atomic mass is 9.99. The molecule has 0 saturated heterocycles. The molecule has 0 aliphatic carbocycles. The molecular formula is C62H120O17P2. The van der Waals surface area contributed by atoms with Crippen LogP contribution >= 0.6 is 15.6 Å². The zero-order valence-corrected chi connectivity index (χ0v) is 53.9. The van der Waals surface area contributed by atoms with Gasteiger partial charge in [0.2, 0.25) is 0 Å². The lowest BCUT2D eigenvalue weighted by Crippen LogP contribution is -2.30. The summed E-state index contributed by atoms with van der Waals surface area (Å²) in [6.45, 7) is 9.39. The van der Waals surface area contributed by atoms with Crippen molar-refractivity contribution in [1.82, 2.24) is 0 Å². The van der Waals surface area contributed by atoms with E-state index in [-0.39, 0.29) is 25.7 Å². The summed E-state index contributed by atoms with van der Waals surface area (Å²) in [6, 6.07) is 0. The van der Waals surface area contributed by atoms with Gasteiger partial charge in [0.15, 0.2) is 12.2 Å². The zero-order chi connectivity index (χ0) is 60.1. The summed E-state index contributed by atoms with van der Waals surface area (Å²) in [5.74, 6) is -0.604. The second-order valence-electron chi connectivity index (χ2n) is 23.2. The van der Waals surface area contributed by atoms with Crippen LogP contribution in [0.15, 0.2) is 0 Å². The second-order valence-corrected chi connectivity index (χ2v) is 26.1. The molecule has 3 unspecified atom stereocenters. The number of aliphatic hydroxyl groups excluding tert-OH is 1. The molecule has 81 heavy (non-hydrogen) atoms. The van der Waals surface area contributed by atoms with E-state index in [1.165, 1.54) is 116 Å². The Morgan fingerprint density at radius 2 is 0.630 bits per heavy atom. The standard InChI is InChI=1S/C62H120O17P2/c1-7-10-12-14-15-16-21-28-34-40-46-61(66)78-57(50-72-59(64)44-38-30-13-11-8-2)52-76-80(68,69)74-48-56(63)49-75-81(70,71)77-53-58(51-73-60(65)45-39-33-27-24-23-26-32-37-43-55(6)9-3)79-62(67)47-41-35-29-22-19-17-18-20-25-31-36-42-54(4)5/h54-58,63H,7-53H2,1-6H3,(H,68,69)(H,70,71)/t55?,56-,57+,58+/m0/s1. The molecule has 0 radical (unpaired) electrons. The third kappa shape index (κ3) is 55.7. The van der Waals surface area contributed by atoms with Gasteiger partial charge in [0.1, 0.15) is 19.3 Å². The molecule has 480 valence electrons. The Kier molecular flexibility index (Phi) is 53.4. The number of phosphoric acid groups is 2. The highest BCUT2D eigenvalue weighted by Gasteiger charge is 2.30. The minimum Gasteiger partial charge on any atom is -0.462 e. The van der Waals surface area contributed by atoms with Crippen LogP contribution in [-0.4, -0.2) is 96.7 Å². The van der Waals surface area contributed by atoms with Gasteiger partial charge in [-0.2, -0.15) is 0 Å². The number of carbonyl (C=O) groups is 4. The van der Waals surface area contributed by atoms with Gasteiger partial charge >= 0.3 is 39.5 Å². The van der Waals surface area contributed by atoms with E-state index in [1.807, 2.05) is 0 Å². The van der Waals surface area contributed by atoms with E-state index in [9.17, 15) is 43.2 Å². The van der Waals surface area contributed by atoms with Crippen LogP contribution in [0.4, 0.5) is 0 Å². The Morgan fingerprint density at radius 1 is 0.358 bits per heavy atom. The molecule has 0 amide bonds. The molecule has 0 aliphatic heterocycles. The van der Waals surface area contributed by atoms with Gasteiger partial charge in [0.05, 0.1) is 26.4 Å². The Hall–Kier alpha value is -1.94. The van der Waals surface area contributed by atoms with Crippen molar-refractivity contribution in [2.75, 3.05) is 39.6 Å². The van der Waals surface area contributed by atoms with Gasteiger partial charge in [0.25, 0.3) is 0 Å². The van der Waals surface area contributed by atoms with Crippen LogP contribution in [0.1, 0.15) is 305 Å².